The molecule has 2 N–H and O–H groups in total. The van der Waals surface area contributed by atoms with Gasteiger partial charge in [0.15, 0.2) is 5.78 Å². The fourth-order valence-electron chi connectivity index (χ4n) is 1.49. The molecule has 0 radical (unpaired) electrons. The molecule has 0 aliphatic rings. The molecule has 0 saturated heterocycles. The van der Waals surface area contributed by atoms with Crippen LogP contribution in [0.4, 0.5) is 10.1 Å². The van der Waals surface area contributed by atoms with Crippen molar-refractivity contribution in [1.29, 1.82) is 0 Å². The summed E-state index contributed by atoms with van der Waals surface area (Å²) < 4.78 is 13.3. The first-order chi connectivity index (χ1) is 10.3. The molecule has 2 nitrogen and oxygen atoms in total. The number of hydrogen-bond acceptors (Lipinski definition) is 3. The lowest BCUT2D eigenvalue weighted by Crippen LogP contribution is -1.91. The molecule has 0 saturated carbocycles. The molecule has 0 unspecified atom stereocenters. The van der Waals surface area contributed by atoms with Gasteiger partial charge in [-0.05, 0) is 43.2 Å². The SMILES string of the molecule is CC(=O)c1cccc(Sc2ccc(N)c(F)c2)c1.CC(C)C. The molecule has 0 spiro atoms. The third-order valence-electron chi connectivity index (χ3n) is 2.45. The first-order valence-corrected chi connectivity index (χ1v) is 7.95. The Balaban J connectivity index is 0.000000541. The van der Waals surface area contributed by atoms with Crippen molar-refractivity contribution < 1.29 is 9.18 Å². The van der Waals surface area contributed by atoms with Crippen LogP contribution < -0.4 is 5.73 Å². The van der Waals surface area contributed by atoms with Crippen LogP contribution in [0.2, 0.25) is 0 Å². The highest BCUT2D eigenvalue weighted by Crippen LogP contribution is 2.29. The summed E-state index contributed by atoms with van der Waals surface area (Å²) in [4.78, 5) is 12.9. The Kier molecular flexibility index (Phi) is 7.12. The Morgan fingerprint density at radius 3 is 2.23 bits per heavy atom. The summed E-state index contributed by atoms with van der Waals surface area (Å²) in [6, 6.07) is 11.9. The van der Waals surface area contributed by atoms with Crippen molar-refractivity contribution in [2.45, 2.75) is 37.5 Å². The van der Waals surface area contributed by atoms with Crippen LogP contribution in [0.3, 0.4) is 0 Å². The van der Waals surface area contributed by atoms with E-state index >= 15 is 0 Å². The molecule has 0 atom stereocenters. The first-order valence-electron chi connectivity index (χ1n) is 7.13. The van der Waals surface area contributed by atoms with Crippen molar-refractivity contribution in [3.63, 3.8) is 0 Å². The summed E-state index contributed by atoms with van der Waals surface area (Å²) in [5, 5.41) is 0. The largest absolute Gasteiger partial charge is 0.396 e. The van der Waals surface area contributed by atoms with E-state index in [-0.39, 0.29) is 11.5 Å². The minimum absolute atomic E-state index is 0.0148. The summed E-state index contributed by atoms with van der Waals surface area (Å²) in [6.07, 6.45) is 0. The van der Waals surface area contributed by atoms with Gasteiger partial charge >= 0.3 is 0 Å². The molecule has 118 valence electrons. The van der Waals surface area contributed by atoms with Crippen LogP contribution in [0, 0.1) is 11.7 Å². The average Bonchev–Trinajstić information content (AvgIpc) is 2.42. The van der Waals surface area contributed by atoms with Crippen molar-refractivity contribution >= 4 is 23.2 Å². The fraction of sp³-hybridized carbons (Fsp3) is 0.278. The van der Waals surface area contributed by atoms with Gasteiger partial charge in [-0.2, -0.15) is 0 Å². The van der Waals surface area contributed by atoms with E-state index in [9.17, 15) is 9.18 Å². The number of Topliss-reactive ketones (excluding diaryl/α,β-unsaturated/α-hetero) is 1. The van der Waals surface area contributed by atoms with E-state index in [2.05, 4.69) is 20.8 Å². The molecule has 22 heavy (non-hydrogen) atoms. The fourth-order valence-corrected chi connectivity index (χ4v) is 2.39. The number of ketones is 1. The molecular weight excluding hydrogens is 297 g/mol. The summed E-state index contributed by atoms with van der Waals surface area (Å²) >= 11 is 1.39. The molecule has 0 aliphatic carbocycles. The number of rotatable bonds is 3. The zero-order valence-corrected chi connectivity index (χ0v) is 14.2. The second-order valence-corrected chi connectivity index (χ2v) is 6.75. The third kappa shape index (κ3) is 6.31. The van der Waals surface area contributed by atoms with Gasteiger partial charge in [-0.15, -0.1) is 0 Å². The number of nitrogen functional groups attached to an aromatic ring is 1. The Hall–Kier alpha value is -1.81. The van der Waals surface area contributed by atoms with Gasteiger partial charge in [-0.3, -0.25) is 4.79 Å². The van der Waals surface area contributed by atoms with Crippen molar-refractivity contribution in [2.24, 2.45) is 5.92 Å². The van der Waals surface area contributed by atoms with Gasteiger partial charge in [0.05, 0.1) is 5.69 Å². The highest BCUT2D eigenvalue weighted by atomic mass is 32.2. The summed E-state index contributed by atoms with van der Waals surface area (Å²) in [5.41, 5.74) is 6.20. The highest BCUT2D eigenvalue weighted by molar-refractivity contribution is 7.99. The predicted octanol–water partition coefficient (Wildman–Crippen LogP) is 5.42. The molecule has 2 aromatic rings. The molecule has 0 aliphatic heterocycles. The maximum atomic E-state index is 13.3. The van der Waals surface area contributed by atoms with Gasteiger partial charge in [-0.1, -0.05) is 44.7 Å². The van der Waals surface area contributed by atoms with E-state index in [0.717, 1.165) is 15.7 Å². The second kappa shape index (κ2) is 8.59. The molecular formula is C18H22FNOS. The molecule has 0 fully saturated rings. The number of anilines is 1. The van der Waals surface area contributed by atoms with Gasteiger partial charge in [0.2, 0.25) is 0 Å². The Morgan fingerprint density at radius 1 is 1.09 bits per heavy atom. The molecule has 4 heteroatoms. The van der Waals surface area contributed by atoms with E-state index in [1.807, 2.05) is 12.1 Å². The van der Waals surface area contributed by atoms with Crippen LogP contribution in [0.15, 0.2) is 52.3 Å². The normalized spacial score (nSPS) is 10.1. The van der Waals surface area contributed by atoms with E-state index in [4.69, 9.17) is 5.73 Å². The van der Waals surface area contributed by atoms with E-state index < -0.39 is 5.82 Å². The van der Waals surface area contributed by atoms with Crippen LogP contribution in [-0.2, 0) is 0 Å². The van der Waals surface area contributed by atoms with E-state index in [1.54, 1.807) is 18.2 Å². The molecule has 2 aromatic carbocycles. The van der Waals surface area contributed by atoms with E-state index in [0.29, 0.717) is 5.56 Å². The average molecular weight is 319 g/mol. The molecule has 0 heterocycles. The lowest BCUT2D eigenvalue weighted by molar-refractivity contribution is 0.101. The second-order valence-electron chi connectivity index (χ2n) is 5.60. The van der Waals surface area contributed by atoms with Gasteiger partial charge in [0.25, 0.3) is 0 Å². The number of benzene rings is 2. The van der Waals surface area contributed by atoms with Crippen molar-refractivity contribution in [3.05, 3.63) is 53.8 Å². The smallest absolute Gasteiger partial charge is 0.159 e. The maximum Gasteiger partial charge on any atom is 0.159 e. The Morgan fingerprint density at radius 2 is 1.68 bits per heavy atom. The van der Waals surface area contributed by atoms with Crippen LogP contribution in [0.5, 0.6) is 0 Å². The Bertz CT molecular complexity index is 638. The minimum atomic E-state index is -0.428. The highest BCUT2D eigenvalue weighted by Gasteiger charge is 2.04. The molecule has 0 bridgehead atoms. The van der Waals surface area contributed by atoms with Crippen molar-refractivity contribution in [1.82, 2.24) is 0 Å². The number of hydrogen-bond donors (Lipinski definition) is 1. The van der Waals surface area contributed by atoms with Crippen LogP contribution in [-0.4, -0.2) is 5.78 Å². The monoisotopic (exact) mass is 319 g/mol. The third-order valence-corrected chi connectivity index (χ3v) is 3.43. The summed E-state index contributed by atoms with van der Waals surface area (Å²) in [7, 11) is 0. The number of halogens is 1. The Labute approximate surface area is 135 Å². The summed E-state index contributed by atoms with van der Waals surface area (Å²) in [5.74, 6) is 0.420. The molecule has 0 aromatic heterocycles. The number of carbonyl (C=O) groups is 1. The van der Waals surface area contributed by atoms with Crippen LogP contribution >= 0.6 is 11.8 Å². The number of nitrogens with two attached hydrogens (primary N) is 1. The maximum absolute atomic E-state index is 13.3. The van der Waals surface area contributed by atoms with Crippen molar-refractivity contribution in [3.8, 4) is 0 Å². The topological polar surface area (TPSA) is 43.1 Å². The lowest BCUT2D eigenvalue weighted by atomic mass is 10.2. The van der Waals surface area contributed by atoms with Gasteiger partial charge in [0, 0.05) is 15.4 Å². The molecule has 0 amide bonds. The van der Waals surface area contributed by atoms with Gasteiger partial charge in [-0.25, -0.2) is 4.39 Å². The number of carbonyl (C=O) groups excluding carboxylic acids is 1. The van der Waals surface area contributed by atoms with Crippen LogP contribution in [0.1, 0.15) is 38.1 Å². The van der Waals surface area contributed by atoms with Gasteiger partial charge < -0.3 is 5.73 Å². The molecule has 2 rings (SSSR count). The predicted molar refractivity (Wildman–Crippen MR) is 91.9 cm³/mol. The van der Waals surface area contributed by atoms with E-state index in [1.165, 1.54) is 30.8 Å². The first kappa shape index (κ1) is 18.2. The summed E-state index contributed by atoms with van der Waals surface area (Å²) in [6.45, 7) is 8.02. The minimum Gasteiger partial charge on any atom is -0.396 e. The quantitative estimate of drug-likeness (QED) is 0.606. The van der Waals surface area contributed by atoms with Crippen LogP contribution in [0.25, 0.3) is 0 Å². The zero-order valence-electron chi connectivity index (χ0n) is 13.4. The van der Waals surface area contributed by atoms with Crippen molar-refractivity contribution in [2.75, 3.05) is 5.73 Å². The standard InChI is InChI=1S/C14H12FNOS.C4H10/c1-9(17)10-3-2-4-11(7-10)18-12-5-6-14(16)13(15)8-12;1-4(2)3/h2-8H,16H2,1H3;4H,1-3H3. The zero-order chi connectivity index (χ0) is 16.7. The van der Waals surface area contributed by atoms with Gasteiger partial charge in [0.1, 0.15) is 5.82 Å². The lowest BCUT2D eigenvalue weighted by Gasteiger charge is -2.04.